The van der Waals surface area contributed by atoms with E-state index in [0.29, 0.717) is 30.8 Å². The minimum Gasteiger partial charge on any atom is -0.300 e. The molecule has 0 radical (unpaired) electrons. The summed E-state index contributed by atoms with van der Waals surface area (Å²) in [5.41, 5.74) is 0.0823. The van der Waals surface area contributed by atoms with E-state index in [1.54, 1.807) is 0 Å². The fourth-order valence-corrected chi connectivity index (χ4v) is 3.03. The van der Waals surface area contributed by atoms with Crippen molar-refractivity contribution in [3.05, 3.63) is 0 Å². The fraction of sp³-hybridized carbons (Fsp3) is 0.833. The van der Waals surface area contributed by atoms with Gasteiger partial charge < -0.3 is 0 Å². The third-order valence-corrected chi connectivity index (χ3v) is 3.87. The predicted molar refractivity (Wildman–Crippen MR) is 53.9 cm³/mol. The molecule has 2 nitrogen and oxygen atoms in total. The first-order chi connectivity index (χ1) is 6.61. The summed E-state index contributed by atoms with van der Waals surface area (Å²) in [5, 5.41) is 0. The fourth-order valence-electron chi connectivity index (χ4n) is 3.03. The molecule has 14 heavy (non-hydrogen) atoms. The zero-order valence-corrected chi connectivity index (χ0v) is 8.84. The summed E-state index contributed by atoms with van der Waals surface area (Å²) in [7, 11) is 0. The molecule has 2 rings (SSSR count). The normalized spacial score (nSPS) is 32.2. The quantitative estimate of drug-likeness (QED) is 0.593. The molecule has 78 valence electrons. The number of carbonyl (C=O) groups excluding carboxylic acids is 2. The SMILES string of the molecule is CC1CC(=O)CC2(CCCC2)CC1=O. The number of rotatable bonds is 0. The van der Waals surface area contributed by atoms with Crippen LogP contribution in [0.25, 0.3) is 0 Å². The second-order valence-corrected chi connectivity index (χ2v) is 5.17. The summed E-state index contributed by atoms with van der Waals surface area (Å²) in [6.45, 7) is 1.90. The van der Waals surface area contributed by atoms with Crippen LogP contribution in [0.3, 0.4) is 0 Å². The zero-order chi connectivity index (χ0) is 10.2. The Labute approximate surface area is 85.1 Å². The zero-order valence-electron chi connectivity index (χ0n) is 8.84. The topological polar surface area (TPSA) is 34.1 Å². The van der Waals surface area contributed by atoms with Crippen molar-refractivity contribution >= 4 is 11.6 Å². The molecule has 1 atom stereocenters. The van der Waals surface area contributed by atoms with Crippen molar-refractivity contribution in [3.63, 3.8) is 0 Å². The molecule has 0 amide bonds. The summed E-state index contributed by atoms with van der Waals surface area (Å²) in [5.74, 6) is 0.602. The maximum atomic E-state index is 11.8. The summed E-state index contributed by atoms with van der Waals surface area (Å²) in [4.78, 5) is 23.4. The molecular formula is C12H18O2. The van der Waals surface area contributed by atoms with Gasteiger partial charge in [0, 0.05) is 25.2 Å². The van der Waals surface area contributed by atoms with E-state index in [4.69, 9.17) is 0 Å². The Balaban J connectivity index is 2.19. The molecular weight excluding hydrogens is 176 g/mol. The van der Waals surface area contributed by atoms with Gasteiger partial charge in [0.15, 0.2) is 0 Å². The van der Waals surface area contributed by atoms with Crippen molar-refractivity contribution in [2.75, 3.05) is 0 Å². The van der Waals surface area contributed by atoms with E-state index in [9.17, 15) is 9.59 Å². The Morgan fingerprint density at radius 1 is 1.14 bits per heavy atom. The molecule has 0 aromatic carbocycles. The van der Waals surface area contributed by atoms with E-state index in [0.717, 1.165) is 12.8 Å². The standard InChI is InChI=1S/C12H18O2/c1-9-6-10(13)7-12(8-11(9)14)4-2-3-5-12/h9H,2-8H2,1H3. The molecule has 0 saturated heterocycles. The first-order valence-corrected chi connectivity index (χ1v) is 5.66. The van der Waals surface area contributed by atoms with Gasteiger partial charge >= 0.3 is 0 Å². The van der Waals surface area contributed by atoms with Gasteiger partial charge in [0.05, 0.1) is 0 Å². The second-order valence-electron chi connectivity index (χ2n) is 5.17. The number of carbonyl (C=O) groups is 2. The van der Waals surface area contributed by atoms with Gasteiger partial charge in [0.1, 0.15) is 11.6 Å². The maximum absolute atomic E-state index is 11.8. The van der Waals surface area contributed by atoms with Crippen LogP contribution in [0.5, 0.6) is 0 Å². The van der Waals surface area contributed by atoms with Gasteiger partial charge in [-0.1, -0.05) is 19.8 Å². The highest BCUT2D eigenvalue weighted by atomic mass is 16.1. The maximum Gasteiger partial charge on any atom is 0.136 e. The Bertz CT molecular complexity index is 261. The van der Waals surface area contributed by atoms with Crippen LogP contribution in [0.1, 0.15) is 51.9 Å². The van der Waals surface area contributed by atoms with Gasteiger partial charge in [0.2, 0.25) is 0 Å². The molecule has 1 spiro atoms. The number of Topliss-reactive ketones (excluding diaryl/α,β-unsaturated/α-hetero) is 2. The third-order valence-electron chi connectivity index (χ3n) is 3.87. The molecule has 2 aliphatic rings. The summed E-state index contributed by atoms with van der Waals surface area (Å²) in [6, 6.07) is 0. The Morgan fingerprint density at radius 3 is 2.43 bits per heavy atom. The average molecular weight is 194 g/mol. The van der Waals surface area contributed by atoms with E-state index in [2.05, 4.69) is 0 Å². The van der Waals surface area contributed by atoms with Crippen molar-refractivity contribution < 1.29 is 9.59 Å². The van der Waals surface area contributed by atoms with Gasteiger partial charge in [-0.2, -0.15) is 0 Å². The van der Waals surface area contributed by atoms with E-state index in [1.807, 2.05) is 6.92 Å². The average Bonchev–Trinajstić information content (AvgIpc) is 2.48. The van der Waals surface area contributed by atoms with Crippen LogP contribution in [-0.2, 0) is 9.59 Å². The molecule has 0 aliphatic heterocycles. The highest BCUT2D eigenvalue weighted by molar-refractivity contribution is 5.91. The molecule has 2 aliphatic carbocycles. The lowest BCUT2D eigenvalue weighted by Gasteiger charge is -2.25. The molecule has 2 heteroatoms. The summed E-state index contributed by atoms with van der Waals surface area (Å²) < 4.78 is 0. The second kappa shape index (κ2) is 3.48. The number of hydrogen-bond acceptors (Lipinski definition) is 2. The molecule has 2 fully saturated rings. The van der Waals surface area contributed by atoms with Crippen LogP contribution >= 0.6 is 0 Å². The lowest BCUT2D eigenvalue weighted by atomic mass is 9.78. The van der Waals surface area contributed by atoms with Crippen LogP contribution in [0.15, 0.2) is 0 Å². The molecule has 0 heterocycles. The molecule has 1 unspecified atom stereocenters. The monoisotopic (exact) mass is 194 g/mol. The van der Waals surface area contributed by atoms with Crippen LogP contribution in [-0.4, -0.2) is 11.6 Å². The van der Waals surface area contributed by atoms with Crippen molar-refractivity contribution in [3.8, 4) is 0 Å². The van der Waals surface area contributed by atoms with Crippen LogP contribution in [0.2, 0.25) is 0 Å². The lowest BCUT2D eigenvalue weighted by molar-refractivity contribution is -0.125. The summed E-state index contributed by atoms with van der Waals surface area (Å²) in [6.07, 6.45) is 6.42. The molecule has 0 N–H and O–H groups in total. The van der Waals surface area contributed by atoms with Gasteiger partial charge in [-0.3, -0.25) is 9.59 Å². The predicted octanol–water partition coefficient (Wildman–Crippen LogP) is 2.51. The lowest BCUT2D eigenvalue weighted by Crippen LogP contribution is -2.21. The van der Waals surface area contributed by atoms with Gasteiger partial charge in [-0.05, 0) is 18.3 Å². The van der Waals surface area contributed by atoms with Crippen molar-refractivity contribution in [2.45, 2.75) is 51.9 Å². The van der Waals surface area contributed by atoms with E-state index < -0.39 is 0 Å². The highest BCUT2D eigenvalue weighted by Crippen LogP contribution is 2.46. The highest BCUT2D eigenvalue weighted by Gasteiger charge is 2.41. The molecule has 2 saturated carbocycles. The Hall–Kier alpha value is -0.660. The minimum atomic E-state index is -0.0255. The minimum absolute atomic E-state index is 0.0255. The van der Waals surface area contributed by atoms with Crippen molar-refractivity contribution in [2.24, 2.45) is 11.3 Å². The van der Waals surface area contributed by atoms with Gasteiger partial charge in [-0.15, -0.1) is 0 Å². The first-order valence-electron chi connectivity index (χ1n) is 5.66. The molecule has 0 aromatic heterocycles. The third kappa shape index (κ3) is 1.75. The number of hydrogen-bond donors (Lipinski definition) is 0. The number of ketones is 2. The largest absolute Gasteiger partial charge is 0.300 e. The molecule has 0 aromatic rings. The van der Waals surface area contributed by atoms with Crippen molar-refractivity contribution in [1.29, 1.82) is 0 Å². The Kier molecular flexibility index (Phi) is 2.46. The van der Waals surface area contributed by atoms with Crippen LogP contribution in [0.4, 0.5) is 0 Å². The van der Waals surface area contributed by atoms with E-state index in [1.165, 1.54) is 12.8 Å². The summed E-state index contributed by atoms with van der Waals surface area (Å²) >= 11 is 0. The van der Waals surface area contributed by atoms with Crippen LogP contribution < -0.4 is 0 Å². The Morgan fingerprint density at radius 2 is 1.79 bits per heavy atom. The first kappa shape index (κ1) is 9.88. The smallest absolute Gasteiger partial charge is 0.136 e. The van der Waals surface area contributed by atoms with Gasteiger partial charge in [0.25, 0.3) is 0 Å². The van der Waals surface area contributed by atoms with E-state index in [-0.39, 0.29) is 11.3 Å². The molecule has 0 bridgehead atoms. The van der Waals surface area contributed by atoms with Crippen molar-refractivity contribution in [1.82, 2.24) is 0 Å². The van der Waals surface area contributed by atoms with Gasteiger partial charge in [-0.25, -0.2) is 0 Å². The van der Waals surface area contributed by atoms with Crippen LogP contribution in [0, 0.1) is 11.3 Å². The van der Waals surface area contributed by atoms with E-state index >= 15 is 0 Å².